The molecule has 1 aromatic rings. The van der Waals surface area contributed by atoms with Crippen LogP contribution in [0, 0.1) is 17.1 Å². The summed E-state index contributed by atoms with van der Waals surface area (Å²) in [6.45, 7) is 0. The zero-order valence-electron chi connectivity index (χ0n) is 5.56. The molecule has 0 heterocycles. The van der Waals surface area contributed by atoms with Gasteiger partial charge >= 0.3 is 0 Å². The summed E-state index contributed by atoms with van der Waals surface area (Å²) in [6.07, 6.45) is 0. The molecule has 0 atom stereocenters. The van der Waals surface area contributed by atoms with Crippen molar-refractivity contribution in [2.45, 2.75) is 0 Å². The molecule has 0 aliphatic carbocycles. The maximum atomic E-state index is 12.5. The van der Waals surface area contributed by atoms with Crippen LogP contribution >= 0.6 is 0 Å². The van der Waals surface area contributed by atoms with Crippen molar-refractivity contribution in [2.75, 3.05) is 0 Å². The summed E-state index contributed by atoms with van der Waals surface area (Å²) in [5.74, 6) is -0.350. The fraction of sp³-hybridized carbons (Fsp3) is 0. The fourth-order valence-corrected chi connectivity index (χ4v) is 0.801. The smallest absolute Gasteiger partial charge is 0.139 e. The van der Waals surface area contributed by atoms with E-state index in [-0.39, 0.29) is 5.82 Å². The Bertz CT molecular complexity index is 270. The van der Waals surface area contributed by atoms with E-state index in [1.807, 2.05) is 6.07 Å². The second kappa shape index (κ2) is 2.53. The summed E-state index contributed by atoms with van der Waals surface area (Å²) >= 11 is 0. The van der Waals surface area contributed by atoms with E-state index < -0.39 is 0 Å². The highest BCUT2D eigenvalue weighted by atomic mass is 19.1. The molecule has 0 aliphatic rings. The topological polar surface area (TPSA) is 23.8 Å². The zero-order chi connectivity index (χ0) is 7.56. The standard InChI is InChI=1S/C7H5BFN/c8-6-1-5(4-10)2-7(9)3-6/h1-3H,8H2. The van der Waals surface area contributed by atoms with Gasteiger partial charge in [-0.25, -0.2) is 4.39 Å². The van der Waals surface area contributed by atoms with Crippen molar-refractivity contribution >= 4 is 13.3 Å². The summed E-state index contributed by atoms with van der Waals surface area (Å²) in [7, 11) is 1.75. The van der Waals surface area contributed by atoms with Gasteiger partial charge in [-0.2, -0.15) is 5.26 Å². The Morgan fingerprint density at radius 3 is 2.60 bits per heavy atom. The predicted octanol–water partition coefficient (Wildman–Crippen LogP) is -0.0442. The molecule has 1 nitrogen and oxygen atoms in total. The van der Waals surface area contributed by atoms with Gasteiger partial charge in [0.2, 0.25) is 0 Å². The largest absolute Gasteiger partial charge is 0.207 e. The first kappa shape index (κ1) is 6.82. The van der Waals surface area contributed by atoms with E-state index in [2.05, 4.69) is 0 Å². The first-order valence-electron chi connectivity index (χ1n) is 2.89. The van der Waals surface area contributed by atoms with Gasteiger partial charge in [-0.1, -0.05) is 11.5 Å². The van der Waals surface area contributed by atoms with Gasteiger partial charge in [-0.15, -0.1) is 0 Å². The Morgan fingerprint density at radius 1 is 1.40 bits per heavy atom. The Labute approximate surface area is 59.5 Å². The van der Waals surface area contributed by atoms with E-state index >= 15 is 0 Å². The third kappa shape index (κ3) is 1.35. The van der Waals surface area contributed by atoms with E-state index in [0.29, 0.717) is 5.56 Å². The van der Waals surface area contributed by atoms with Crippen LogP contribution in [0.2, 0.25) is 0 Å². The Hall–Kier alpha value is -1.30. The minimum absolute atomic E-state index is 0.350. The monoisotopic (exact) mass is 133 g/mol. The predicted molar refractivity (Wildman–Crippen MR) is 39.3 cm³/mol. The third-order valence-electron chi connectivity index (χ3n) is 1.17. The van der Waals surface area contributed by atoms with Crippen LogP contribution in [-0.4, -0.2) is 7.85 Å². The second-order valence-corrected chi connectivity index (χ2v) is 2.13. The molecule has 0 bridgehead atoms. The SMILES string of the molecule is Bc1cc(F)cc(C#N)c1. The van der Waals surface area contributed by atoms with Crippen molar-refractivity contribution in [2.24, 2.45) is 0 Å². The van der Waals surface area contributed by atoms with Crippen molar-refractivity contribution in [3.8, 4) is 6.07 Å². The van der Waals surface area contributed by atoms with Crippen LogP contribution in [0.15, 0.2) is 18.2 Å². The number of benzene rings is 1. The number of halogens is 1. The van der Waals surface area contributed by atoms with Crippen molar-refractivity contribution in [3.63, 3.8) is 0 Å². The number of hydrogen-bond donors (Lipinski definition) is 0. The number of nitrogens with zero attached hydrogens (tertiary/aromatic N) is 1. The highest BCUT2D eigenvalue weighted by Gasteiger charge is 1.94. The van der Waals surface area contributed by atoms with Gasteiger partial charge in [0.25, 0.3) is 0 Å². The van der Waals surface area contributed by atoms with E-state index in [1.54, 1.807) is 13.9 Å². The molecule has 0 aromatic heterocycles. The van der Waals surface area contributed by atoms with E-state index in [4.69, 9.17) is 5.26 Å². The molecule has 0 fully saturated rings. The van der Waals surface area contributed by atoms with E-state index in [1.165, 1.54) is 12.1 Å². The van der Waals surface area contributed by atoms with Crippen molar-refractivity contribution < 1.29 is 4.39 Å². The maximum absolute atomic E-state index is 12.5. The van der Waals surface area contributed by atoms with Crippen molar-refractivity contribution in [1.29, 1.82) is 5.26 Å². The van der Waals surface area contributed by atoms with Crippen LogP contribution in [0.4, 0.5) is 4.39 Å². The summed E-state index contributed by atoms with van der Waals surface area (Å²) in [4.78, 5) is 0. The van der Waals surface area contributed by atoms with Gasteiger partial charge in [0.1, 0.15) is 13.7 Å². The highest BCUT2D eigenvalue weighted by molar-refractivity contribution is 6.32. The molecule has 0 saturated carbocycles. The molecular weight excluding hydrogens is 128 g/mol. The van der Waals surface area contributed by atoms with Crippen LogP contribution in [-0.2, 0) is 0 Å². The molecule has 3 heteroatoms. The summed E-state index contributed by atoms with van der Waals surface area (Å²) in [5, 5.41) is 8.37. The van der Waals surface area contributed by atoms with E-state index in [0.717, 1.165) is 5.46 Å². The van der Waals surface area contributed by atoms with Gasteiger partial charge in [-0.3, -0.25) is 0 Å². The lowest BCUT2D eigenvalue weighted by Crippen LogP contribution is -2.03. The summed E-state index contributed by atoms with van der Waals surface area (Å²) in [6, 6.07) is 6.12. The molecular formula is C7H5BFN. The van der Waals surface area contributed by atoms with Crippen molar-refractivity contribution in [3.05, 3.63) is 29.6 Å². The first-order chi connectivity index (χ1) is 4.72. The van der Waals surface area contributed by atoms with Gasteiger partial charge in [0.05, 0.1) is 11.6 Å². The number of hydrogen-bond acceptors (Lipinski definition) is 1. The minimum atomic E-state index is -0.350. The Kier molecular flexibility index (Phi) is 1.72. The van der Waals surface area contributed by atoms with E-state index in [9.17, 15) is 4.39 Å². The van der Waals surface area contributed by atoms with Crippen LogP contribution in [0.1, 0.15) is 5.56 Å². The molecule has 48 valence electrons. The first-order valence-corrected chi connectivity index (χ1v) is 2.89. The molecule has 0 amide bonds. The lowest BCUT2D eigenvalue weighted by molar-refractivity contribution is 0.628. The summed E-state index contributed by atoms with van der Waals surface area (Å²) in [5.41, 5.74) is 1.15. The maximum Gasteiger partial charge on any atom is 0.139 e. The molecule has 10 heavy (non-hydrogen) atoms. The number of nitriles is 1. The summed E-state index contributed by atoms with van der Waals surface area (Å²) < 4.78 is 12.5. The lowest BCUT2D eigenvalue weighted by atomic mass is 9.94. The average Bonchev–Trinajstić information content (AvgIpc) is 1.85. The molecule has 0 N–H and O–H groups in total. The van der Waals surface area contributed by atoms with Crippen LogP contribution in [0.5, 0.6) is 0 Å². The van der Waals surface area contributed by atoms with Gasteiger partial charge < -0.3 is 0 Å². The Morgan fingerprint density at radius 2 is 2.10 bits per heavy atom. The van der Waals surface area contributed by atoms with Gasteiger partial charge in [-0.05, 0) is 12.1 Å². The lowest BCUT2D eigenvalue weighted by Gasteiger charge is -1.92. The van der Waals surface area contributed by atoms with Crippen molar-refractivity contribution in [1.82, 2.24) is 0 Å². The zero-order valence-corrected chi connectivity index (χ0v) is 5.56. The highest BCUT2D eigenvalue weighted by Crippen LogP contribution is 1.98. The fourth-order valence-electron chi connectivity index (χ4n) is 0.801. The average molecular weight is 133 g/mol. The molecule has 1 aromatic carbocycles. The molecule has 0 unspecified atom stereocenters. The normalized spacial score (nSPS) is 8.80. The minimum Gasteiger partial charge on any atom is -0.207 e. The van der Waals surface area contributed by atoms with Gasteiger partial charge in [0.15, 0.2) is 0 Å². The van der Waals surface area contributed by atoms with Crippen LogP contribution in [0.3, 0.4) is 0 Å². The molecule has 0 saturated heterocycles. The van der Waals surface area contributed by atoms with Gasteiger partial charge in [0, 0.05) is 0 Å². The van der Waals surface area contributed by atoms with Crippen LogP contribution < -0.4 is 5.46 Å². The third-order valence-corrected chi connectivity index (χ3v) is 1.17. The van der Waals surface area contributed by atoms with Crippen LogP contribution in [0.25, 0.3) is 0 Å². The molecule has 0 radical (unpaired) electrons. The Balaban J connectivity index is 3.22. The molecule has 1 rings (SSSR count). The molecule has 0 aliphatic heterocycles. The quantitative estimate of drug-likeness (QED) is 0.455. The number of rotatable bonds is 0. The molecule has 0 spiro atoms. The second-order valence-electron chi connectivity index (χ2n) is 2.13.